The SMILES string of the molecule is CC(C)C(=O)NC(C)c1nnc2n1CCN(Cc1cccs1)CC2. The van der Waals surface area contributed by atoms with Crippen LogP contribution >= 0.6 is 11.3 Å². The van der Waals surface area contributed by atoms with E-state index in [1.54, 1.807) is 11.3 Å². The van der Waals surface area contributed by atoms with Crippen LogP contribution in [0, 0.1) is 5.92 Å². The molecule has 1 amide bonds. The number of hydrogen-bond donors (Lipinski definition) is 1. The molecule has 24 heavy (non-hydrogen) atoms. The first-order valence-electron chi connectivity index (χ1n) is 8.51. The van der Waals surface area contributed by atoms with Crippen molar-refractivity contribution in [1.29, 1.82) is 0 Å². The van der Waals surface area contributed by atoms with Gasteiger partial charge in [0.15, 0.2) is 5.82 Å². The van der Waals surface area contributed by atoms with Gasteiger partial charge in [0.1, 0.15) is 5.82 Å². The normalized spacial score (nSPS) is 16.7. The van der Waals surface area contributed by atoms with Gasteiger partial charge in [-0.15, -0.1) is 21.5 Å². The minimum absolute atomic E-state index is 0.0275. The highest BCUT2D eigenvalue weighted by Gasteiger charge is 2.23. The van der Waals surface area contributed by atoms with E-state index in [1.807, 2.05) is 20.8 Å². The van der Waals surface area contributed by atoms with Gasteiger partial charge >= 0.3 is 0 Å². The van der Waals surface area contributed by atoms with Gasteiger partial charge in [0.2, 0.25) is 5.91 Å². The summed E-state index contributed by atoms with van der Waals surface area (Å²) in [5.41, 5.74) is 0. The molecule has 0 radical (unpaired) electrons. The van der Waals surface area contributed by atoms with Crippen LogP contribution in [-0.4, -0.2) is 38.7 Å². The molecule has 0 bridgehead atoms. The molecule has 3 rings (SSSR count). The molecule has 0 fully saturated rings. The van der Waals surface area contributed by atoms with Gasteiger partial charge < -0.3 is 9.88 Å². The Morgan fingerprint density at radius 3 is 2.83 bits per heavy atom. The first-order valence-corrected chi connectivity index (χ1v) is 9.39. The fourth-order valence-corrected chi connectivity index (χ4v) is 3.68. The molecule has 2 aromatic heterocycles. The van der Waals surface area contributed by atoms with E-state index in [9.17, 15) is 4.79 Å². The van der Waals surface area contributed by atoms with Crippen LogP contribution in [-0.2, 0) is 24.3 Å². The third kappa shape index (κ3) is 3.84. The summed E-state index contributed by atoms with van der Waals surface area (Å²) in [5.74, 6) is 1.90. The van der Waals surface area contributed by atoms with Crippen molar-refractivity contribution in [1.82, 2.24) is 25.0 Å². The molecular weight excluding hydrogens is 322 g/mol. The third-order valence-electron chi connectivity index (χ3n) is 4.38. The average molecular weight is 347 g/mol. The third-order valence-corrected chi connectivity index (χ3v) is 5.24. The van der Waals surface area contributed by atoms with Gasteiger partial charge in [-0.05, 0) is 18.4 Å². The first kappa shape index (κ1) is 17.1. The highest BCUT2D eigenvalue weighted by molar-refractivity contribution is 7.09. The summed E-state index contributed by atoms with van der Waals surface area (Å²) in [6.07, 6.45) is 0.892. The molecule has 1 N–H and O–H groups in total. The molecule has 1 atom stereocenters. The van der Waals surface area contributed by atoms with E-state index in [4.69, 9.17) is 0 Å². The van der Waals surface area contributed by atoms with Gasteiger partial charge in [-0.2, -0.15) is 0 Å². The Hall–Kier alpha value is -1.73. The van der Waals surface area contributed by atoms with Crippen molar-refractivity contribution in [2.75, 3.05) is 13.1 Å². The summed E-state index contributed by atoms with van der Waals surface area (Å²) in [4.78, 5) is 15.8. The quantitative estimate of drug-likeness (QED) is 0.901. The summed E-state index contributed by atoms with van der Waals surface area (Å²) in [7, 11) is 0. The maximum Gasteiger partial charge on any atom is 0.223 e. The van der Waals surface area contributed by atoms with Crippen LogP contribution in [0.15, 0.2) is 17.5 Å². The Kier molecular flexibility index (Phi) is 5.30. The number of hydrogen-bond acceptors (Lipinski definition) is 5. The molecule has 3 heterocycles. The summed E-state index contributed by atoms with van der Waals surface area (Å²) in [6.45, 7) is 9.59. The Morgan fingerprint density at radius 2 is 2.12 bits per heavy atom. The molecule has 1 aliphatic rings. The Balaban J connectivity index is 1.66. The zero-order valence-corrected chi connectivity index (χ0v) is 15.3. The first-order chi connectivity index (χ1) is 11.5. The van der Waals surface area contributed by atoms with Crippen molar-refractivity contribution in [3.63, 3.8) is 0 Å². The Labute approximate surface area is 146 Å². The lowest BCUT2D eigenvalue weighted by molar-refractivity contribution is -0.124. The number of fused-ring (bicyclic) bond motifs is 1. The molecule has 1 unspecified atom stereocenters. The van der Waals surface area contributed by atoms with Crippen LogP contribution < -0.4 is 5.32 Å². The van der Waals surface area contributed by atoms with Crippen LogP contribution in [0.5, 0.6) is 0 Å². The number of rotatable bonds is 5. The van der Waals surface area contributed by atoms with Gasteiger partial charge in [-0.3, -0.25) is 9.69 Å². The Morgan fingerprint density at radius 1 is 1.29 bits per heavy atom. The van der Waals surface area contributed by atoms with Crippen LogP contribution in [0.25, 0.3) is 0 Å². The summed E-state index contributed by atoms with van der Waals surface area (Å²) in [6, 6.07) is 4.17. The van der Waals surface area contributed by atoms with E-state index < -0.39 is 0 Å². The van der Waals surface area contributed by atoms with Gasteiger partial charge in [-0.1, -0.05) is 19.9 Å². The molecule has 0 saturated heterocycles. The van der Waals surface area contributed by atoms with Crippen molar-refractivity contribution in [3.05, 3.63) is 34.0 Å². The molecule has 6 nitrogen and oxygen atoms in total. The van der Waals surface area contributed by atoms with Crippen molar-refractivity contribution >= 4 is 17.2 Å². The number of aromatic nitrogens is 3. The maximum absolute atomic E-state index is 11.9. The summed E-state index contributed by atoms with van der Waals surface area (Å²) >= 11 is 1.80. The topological polar surface area (TPSA) is 63.1 Å². The zero-order valence-electron chi connectivity index (χ0n) is 14.5. The van der Waals surface area contributed by atoms with Gasteiger partial charge in [-0.25, -0.2) is 0 Å². The standard InChI is InChI=1S/C17H25N5OS/c1-12(2)17(23)18-13(3)16-20-19-15-6-7-21(8-9-22(15)16)11-14-5-4-10-24-14/h4-5,10,12-13H,6-9,11H2,1-3H3,(H,18,23). The smallest absolute Gasteiger partial charge is 0.223 e. The van der Waals surface area contributed by atoms with Gasteiger partial charge in [0, 0.05) is 43.4 Å². The van der Waals surface area contributed by atoms with Gasteiger partial charge in [0.25, 0.3) is 0 Å². The maximum atomic E-state index is 11.9. The van der Waals surface area contributed by atoms with Crippen molar-refractivity contribution in [2.24, 2.45) is 5.92 Å². The average Bonchev–Trinajstić information content (AvgIpc) is 3.15. The van der Waals surface area contributed by atoms with E-state index in [1.165, 1.54) is 4.88 Å². The van der Waals surface area contributed by atoms with Crippen LogP contribution in [0.1, 0.15) is 43.3 Å². The van der Waals surface area contributed by atoms with E-state index >= 15 is 0 Å². The molecular formula is C17H25N5OS. The zero-order chi connectivity index (χ0) is 17.1. The molecule has 0 saturated carbocycles. The minimum Gasteiger partial charge on any atom is -0.346 e. The molecule has 2 aromatic rings. The number of nitrogens with one attached hydrogen (secondary N) is 1. The predicted octanol–water partition coefficient (Wildman–Crippen LogP) is 2.23. The molecule has 7 heteroatoms. The lowest BCUT2D eigenvalue weighted by Crippen LogP contribution is -2.32. The minimum atomic E-state index is -0.120. The van der Waals surface area contributed by atoms with Crippen LogP contribution in [0.4, 0.5) is 0 Å². The number of carbonyl (C=O) groups is 1. The van der Waals surface area contributed by atoms with Crippen molar-refractivity contribution < 1.29 is 4.79 Å². The second-order valence-electron chi connectivity index (χ2n) is 6.62. The predicted molar refractivity (Wildman–Crippen MR) is 94.7 cm³/mol. The Bertz CT molecular complexity index is 679. The summed E-state index contributed by atoms with van der Waals surface area (Å²) in [5, 5.41) is 13.8. The fraction of sp³-hybridized carbons (Fsp3) is 0.588. The van der Waals surface area contributed by atoms with E-state index in [2.05, 4.69) is 42.5 Å². The molecule has 0 aromatic carbocycles. The highest BCUT2D eigenvalue weighted by atomic mass is 32.1. The van der Waals surface area contributed by atoms with Crippen LogP contribution in [0.3, 0.4) is 0 Å². The number of nitrogens with zero attached hydrogens (tertiary/aromatic N) is 4. The molecule has 0 aliphatic carbocycles. The molecule has 130 valence electrons. The van der Waals surface area contributed by atoms with Crippen molar-refractivity contribution in [3.8, 4) is 0 Å². The lowest BCUT2D eigenvalue weighted by Gasteiger charge is -2.19. The van der Waals surface area contributed by atoms with Crippen LogP contribution in [0.2, 0.25) is 0 Å². The molecule has 0 spiro atoms. The second kappa shape index (κ2) is 7.44. The monoisotopic (exact) mass is 347 g/mol. The second-order valence-corrected chi connectivity index (χ2v) is 7.65. The van der Waals surface area contributed by atoms with E-state index in [0.29, 0.717) is 0 Å². The van der Waals surface area contributed by atoms with E-state index in [-0.39, 0.29) is 17.9 Å². The number of thiophene rings is 1. The van der Waals surface area contributed by atoms with Gasteiger partial charge in [0.05, 0.1) is 6.04 Å². The lowest BCUT2D eigenvalue weighted by atomic mass is 10.2. The van der Waals surface area contributed by atoms with E-state index in [0.717, 1.165) is 44.2 Å². The summed E-state index contributed by atoms with van der Waals surface area (Å²) < 4.78 is 2.18. The number of amides is 1. The number of carbonyl (C=O) groups excluding carboxylic acids is 1. The largest absolute Gasteiger partial charge is 0.346 e. The highest BCUT2D eigenvalue weighted by Crippen LogP contribution is 2.18. The fourth-order valence-electron chi connectivity index (χ4n) is 2.94. The molecule has 1 aliphatic heterocycles. The van der Waals surface area contributed by atoms with Crippen molar-refractivity contribution in [2.45, 2.75) is 46.3 Å².